The Morgan fingerprint density at radius 3 is 2.62 bits per heavy atom. The number of benzene rings is 2. The van der Waals surface area contributed by atoms with Gasteiger partial charge in [-0.05, 0) is 30.7 Å². The highest BCUT2D eigenvalue weighted by molar-refractivity contribution is 9.10. The molecule has 0 spiro atoms. The van der Waals surface area contributed by atoms with Gasteiger partial charge < -0.3 is 14.9 Å². The van der Waals surface area contributed by atoms with Crippen LogP contribution in [0.4, 0.5) is 0 Å². The van der Waals surface area contributed by atoms with Gasteiger partial charge in [0.25, 0.3) is 0 Å². The third-order valence-corrected chi connectivity index (χ3v) is 4.68. The third-order valence-electron chi connectivity index (χ3n) is 4.19. The van der Waals surface area contributed by atoms with Crippen LogP contribution in [0, 0.1) is 6.92 Å². The second-order valence-corrected chi connectivity index (χ2v) is 7.15. The molecular formula is C22H20BrN3O3. The van der Waals surface area contributed by atoms with E-state index in [4.69, 9.17) is 4.74 Å². The van der Waals surface area contributed by atoms with Crippen molar-refractivity contribution in [1.29, 1.82) is 0 Å². The van der Waals surface area contributed by atoms with Gasteiger partial charge in [0.1, 0.15) is 18.1 Å². The van der Waals surface area contributed by atoms with E-state index < -0.39 is 0 Å². The van der Waals surface area contributed by atoms with Crippen LogP contribution in [0.2, 0.25) is 0 Å². The number of aromatic hydroxyl groups is 1. The number of halogens is 1. The highest BCUT2D eigenvalue weighted by Gasteiger charge is 2.09. The number of pyridine rings is 1. The summed E-state index contributed by atoms with van der Waals surface area (Å²) in [6, 6.07) is 15.5. The summed E-state index contributed by atoms with van der Waals surface area (Å²) >= 11 is 3.45. The quantitative estimate of drug-likeness (QED) is 0.410. The SMILES string of the molecule is Cc1ncc(CO)c(/C=N/N=Cc2cc(Br)ccc2OCc2ccccc2)c1O. The van der Waals surface area contributed by atoms with Crippen molar-refractivity contribution in [3.05, 3.63) is 87.1 Å². The summed E-state index contributed by atoms with van der Waals surface area (Å²) in [4.78, 5) is 4.02. The molecular weight excluding hydrogens is 434 g/mol. The molecule has 7 heteroatoms. The molecule has 3 rings (SSSR count). The van der Waals surface area contributed by atoms with Crippen LogP contribution in [0.25, 0.3) is 0 Å². The van der Waals surface area contributed by atoms with Crippen molar-refractivity contribution in [2.24, 2.45) is 10.2 Å². The van der Waals surface area contributed by atoms with Crippen LogP contribution in [0.15, 0.2) is 69.4 Å². The topological polar surface area (TPSA) is 87.3 Å². The minimum atomic E-state index is -0.255. The summed E-state index contributed by atoms with van der Waals surface area (Å²) in [6.07, 6.45) is 4.48. The number of hydrogen-bond donors (Lipinski definition) is 2. The molecule has 148 valence electrons. The van der Waals surface area contributed by atoms with Crippen LogP contribution in [0.3, 0.4) is 0 Å². The molecule has 0 saturated heterocycles. The molecule has 0 bridgehead atoms. The van der Waals surface area contributed by atoms with E-state index in [0.717, 1.165) is 15.6 Å². The maximum Gasteiger partial charge on any atom is 0.145 e. The van der Waals surface area contributed by atoms with E-state index in [9.17, 15) is 10.2 Å². The predicted molar refractivity (Wildman–Crippen MR) is 117 cm³/mol. The Morgan fingerprint density at radius 1 is 1.10 bits per heavy atom. The Bertz CT molecular complexity index is 1040. The summed E-state index contributed by atoms with van der Waals surface area (Å²) in [6.45, 7) is 1.86. The number of aryl methyl sites for hydroxylation is 1. The molecule has 0 saturated carbocycles. The molecule has 0 aliphatic rings. The molecule has 29 heavy (non-hydrogen) atoms. The number of nitrogens with zero attached hydrogens (tertiary/aromatic N) is 3. The second-order valence-electron chi connectivity index (χ2n) is 6.23. The van der Waals surface area contributed by atoms with Gasteiger partial charge in [-0.3, -0.25) is 4.98 Å². The minimum absolute atomic E-state index is 0.0233. The van der Waals surface area contributed by atoms with Gasteiger partial charge >= 0.3 is 0 Å². The maximum atomic E-state index is 10.1. The van der Waals surface area contributed by atoms with Crippen LogP contribution in [0.1, 0.15) is 27.9 Å². The smallest absolute Gasteiger partial charge is 0.145 e. The van der Waals surface area contributed by atoms with Crippen LogP contribution < -0.4 is 4.74 Å². The van der Waals surface area contributed by atoms with Gasteiger partial charge in [-0.1, -0.05) is 46.3 Å². The normalized spacial score (nSPS) is 11.4. The number of aliphatic hydroxyl groups excluding tert-OH is 1. The van der Waals surface area contributed by atoms with Crippen LogP contribution in [-0.4, -0.2) is 27.6 Å². The highest BCUT2D eigenvalue weighted by atomic mass is 79.9. The van der Waals surface area contributed by atoms with Crippen molar-refractivity contribution >= 4 is 28.4 Å². The van der Waals surface area contributed by atoms with Crippen molar-refractivity contribution in [3.8, 4) is 11.5 Å². The number of ether oxygens (including phenoxy) is 1. The van der Waals surface area contributed by atoms with Gasteiger partial charge in [-0.25, -0.2) is 0 Å². The van der Waals surface area contributed by atoms with Crippen LogP contribution in [0.5, 0.6) is 11.5 Å². The lowest BCUT2D eigenvalue weighted by Gasteiger charge is -2.09. The molecule has 0 aliphatic carbocycles. The number of aromatic nitrogens is 1. The van der Waals surface area contributed by atoms with Crippen LogP contribution >= 0.6 is 15.9 Å². The molecule has 1 heterocycles. The molecule has 2 aromatic carbocycles. The standard InChI is InChI=1S/C22H20BrN3O3/c1-15-22(28)20(18(13-27)10-24-15)12-26-25-11-17-9-19(23)7-8-21(17)29-14-16-5-3-2-4-6-16/h2-12,27-28H,13-14H2,1H3/b25-11?,26-12+. The first-order chi connectivity index (χ1) is 14.1. The molecule has 0 amide bonds. The average Bonchev–Trinajstić information content (AvgIpc) is 2.74. The summed E-state index contributed by atoms with van der Waals surface area (Å²) in [5.41, 5.74) is 3.14. The highest BCUT2D eigenvalue weighted by Crippen LogP contribution is 2.24. The molecule has 1 aromatic heterocycles. The molecule has 0 radical (unpaired) electrons. The Labute approximate surface area is 177 Å². The Morgan fingerprint density at radius 2 is 1.86 bits per heavy atom. The fourth-order valence-electron chi connectivity index (χ4n) is 2.60. The van der Waals surface area contributed by atoms with E-state index in [-0.39, 0.29) is 12.4 Å². The molecule has 0 aliphatic heterocycles. The maximum absolute atomic E-state index is 10.1. The molecule has 3 aromatic rings. The zero-order valence-corrected chi connectivity index (χ0v) is 17.4. The van der Waals surface area contributed by atoms with E-state index in [2.05, 4.69) is 31.1 Å². The zero-order valence-electron chi connectivity index (χ0n) is 15.8. The second kappa shape index (κ2) is 9.95. The lowest BCUT2D eigenvalue weighted by atomic mass is 10.1. The average molecular weight is 454 g/mol. The van der Waals surface area contributed by atoms with Crippen molar-refractivity contribution in [1.82, 2.24) is 4.98 Å². The Kier molecular flexibility index (Phi) is 7.10. The van der Waals surface area contributed by atoms with Crippen molar-refractivity contribution in [2.45, 2.75) is 20.1 Å². The van der Waals surface area contributed by atoms with Crippen molar-refractivity contribution < 1.29 is 14.9 Å². The van der Waals surface area contributed by atoms with Gasteiger partial charge in [0, 0.05) is 27.4 Å². The number of rotatable bonds is 7. The van der Waals surface area contributed by atoms with Gasteiger partial charge in [0.15, 0.2) is 0 Å². The number of aliphatic hydroxyl groups is 1. The number of hydrogen-bond acceptors (Lipinski definition) is 6. The summed E-state index contributed by atoms with van der Waals surface area (Å²) in [5.74, 6) is 0.652. The van der Waals surface area contributed by atoms with Gasteiger partial charge in [-0.15, -0.1) is 0 Å². The fraction of sp³-hybridized carbons (Fsp3) is 0.136. The van der Waals surface area contributed by atoms with Crippen LogP contribution in [-0.2, 0) is 13.2 Å². The monoisotopic (exact) mass is 453 g/mol. The Hall–Kier alpha value is -3.03. The molecule has 0 unspecified atom stereocenters. The molecule has 6 nitrogen and oxygen atoms in total. The lowest BCUT2D eigenvalue weighted by molar-refractivity contribution is 0.280. The van der Waals surface area contributed by atoms with E-state index in [1.54, 1.807) is 13.1 Å². The molecule has 2 N–H and O–H groups in total. The summed E-state index contributed by atoms with van der Waals surface area (Å²) in [7, 11) is 0. The van der Waals surface area contributed by atoms with Crippen molar-refractivity contribution in [3.63, 3.8) is 0 Å². The first-order valence-electron chi connectivity index (χ1n) is 8.89. The predicted octanol–water partition coefficient (Wildman–Crippen LogP) is 4.38. The third kappa shape index (κ3) is 5.49. The van der Waals surface area contributed by atoms with Gasteiger partial charge in [0.2, 0.25) is 0 Å². The first-order valence-corrected chi connectivity index (χ1v) is 9.68. The minimum Gasteiger partial charge on any atom is -0.505 e. The fourth-order valence-corrected chi connectivity index (χ4v) is 2.97. The zero-order chi connectivity index (χ0) is 20.6. The summed E-state index contributed by atoms with van der Waals surface area (Å²) < 4.78 is 6.81. The van der Waals surface area contributed by atoms with Gasteiger partial charge in [0.05, 0.1) is 24.7 Å². The van der Waals surface area contributed by atoms with E-state index in [0.29, 0.717) is 29.2 Å². The van der Waals surface area contributed by atoms with E-state index >= 15 is 0 Å². The first kappa shape index (κ1) is 20.7. The summed E-state index contributed by atoms with van der Waals surface area (Å²) in [5, 5.41) is 27.6. The molecule has 0 fully saturated rings. The Balaban J connectivity index is 1.78. The van der Waals surface area contributed by atoms with E-state index in [1.165, 1.54) is 12.4 Å². The van der Waals surface area contributed by atoms with E-state index in [1.807, 2.05) is 48.5 Å². The van der Waals surface area contributed by atoms with Gasteiger partial charge in [-0.2, -0.15) is 10.2 Å². The lowest BCUT2D eigenvalue weighted by Crippen LogP contribution is -1.98. The molecule has 0 atom stereocenters. The van der Waals surface area contributed by atoms with Crippen molar-refractivity contribution in [2.75, 3.05) is 0 Å². The largest absolute Gasteiger partial charge is 0.505 e.